The molecule has 0 fully saturated rings. The maximum absolute atomic E-state index is 13.4. The van der Waals surface area contributed by atoms with Gasteiger partial charge in [-0.1, -0.05) is 0 Å². The monoisotopic (exact) mass is 376 g/mol. The second-order valence-electron chi connectivity index (χ2n) is 4.38. The van der Waals surface area contributed by atoms with Crippen molar-refractivity contribution >= 4 is 31.2 Å². The van der Waals surface area contributed by atoms with Gasteiger partial charge >= 0.3 is 23.9 Å². The van der Waals surface area contributed by atoms with Crippen LogP contribution in [0.1, 0.15) is 6.92 Å². The van der Waals surface area contributed by atoms with Crippen LogP contribution >= 0.6 is 7.37 Å². The van der Waals surface area contributed by atoms with E-state index in [1.165, 1.54) is 6.92 Å². The zero-order valence-electron chi connectivity index (χ0n) is 14.2. The maximum atomic E-state index is 13.4. The molecular weight excluding hydrogens is 359 g/mol. The minimum atomic E-state index is -4.47. The molecule has 0 atom stereocenters. The van der Waals surface area contributed by atoms with E-state index in [0.29, 0.717) is 0 Å². The van der Waals surface area contributed by atoms with Crippen LogP contribution in [-0.2, 0) is 47.2 Å². The SMILES string of the molecule is CCOP1(=O)C(C(=O)OC)=C(C(=O)OC)C(C(=O)OC)=C1C(=O)OC. The van der Waals surface area contributed by atoms with Gasteiger partial charge in [0.05, 0.1) is 46.2 Å². The molecule has 0 aliphatic carbocycles. The van der Waals surface area contributed by atoms with E-state index in [1.54, 1.807) is 0 Å². The minimum absolute atomic E-state index is 0.207. The largest absolute Gasteiger partial charge is 0.465 e. The van der Waals surface area contributed by atoms with Crippen LogP contribution in [0.15, 0.2) is 21.8 Å². The van der Waals surface area contributed by atoms with Crippen molar-refractivity contribution in [2.24, 2.45) is 0 Å². The summed E-state index contributed by atoms with van der Waals surface area (Å²) in [5.41, 5.74) is -1.45. The van der Waals surface area contributed by atoms with E-state index in [9.17, 15) is 23.7 Å². The Labute approximate surface area is 143 Å². The molecule has 1 aliphatic rings. The molecule has 0 spiro atoms. The molecule has 10 nitrogen and oxygen atoms in total. The highest BCUT2D eigenvalue weighted by atomic mass is 31.2. The van der Waals surface area contributed by atoms with Crippen molar-refractivity contribution in [1.29, 1.82) is 0 Å². The fourth-order valence-corrected chi connectivity index (χ4v) is 4.70. The molecule has 0 saturated carbocycles. The third-order valence-electron chi connectivity index (χ3n) is 3.16. The predicted octanol–water partition coefficient (Wildman–Crippen LogP) is 0.515. The standard InChI is InChI=1S/C14H17O10P/c1-6-24-25(19)9(13(17)22-4)7(11(15)20-2)8(12(16)21-3)10(25)14(18)23-5/h6H2,1-5H3. The van der Waals surface area contributed by atoms with Gasteiger partial charge in [-0.3, -0.25) is 4.57 Å². The summed E-state index contributed by atoms with van der Waals surface area (Å²) in [4.78, 5) is 48.7. The number of esters is 4. The normalized spacial score (nSPS) is 15.7. The van der Waals surface area contributed by atoms with Crippen LogP contribution in [-0.4, -0.2) is 58.9 Å². The molecular formula is C14H17O10P. The van der Waals surface area contributed by atoms with E-state index in [4.69, 9.17) is 4.52 Å². The average molecular weight is 376 g/mol. The molecule has 0 bridgehead atoms. The number of carbonyl (C=O) groups excluding carboxylic acids is 4. The van der Waals surface area contributed by atoms with Crippen LogP contribution < -0.4 is 0 Å². The topological polar surface area (TPSA) is 132 Å². The Morgan fingerprint density at radius 1 is 0.720 bits per heavy atom. The molecule has 0 aromatic heterocycles. The Kier molecular flexibility index (Phi) is 6.66. The highest BCUT2D eigenvalue weighted by molar-refractivity contribution is 7.70. The molecule has 1 heterocycles. The quantitative estimate of drug-likeness (QED) is 0.367. The Morgan fingerprint density at radius 3 is 1.28 bits per heavy atom. The van der Waals surface area contributed by atoms with Crippen molar-refractivity contribution < 1.29 is 47.2 Å². The van der Waals surface area contributed by atoms with Gasteiger partial charge in [-0.05, 0) is 6.92 Å². The second-order valence-corrected chi connectivity index (χ2v) is 6.64. The molecule has 0 aromatic carbocycles. The Hall–Kier alpha value is -2.45. The van der Waals surface area contributed by atoms with Crippen LogP contribution in [0.5, 0.6) is 0 Å². The van der Waals surface area contributed by atoms with Crippen molar-refractivity contribution in [3.63, 3.8) is 0 Å². The molecule has 0 radical (unpaired) electrons. The highest BCUT2D eigenvalue weighted by Crippen LogP contribution is 2.69. The first-order chi connectivity index (χ1) is 11.7. The Morgan fingerprint density at radius 2 is 1.04 bits per heavy atom. The summed E-state index contributed by atoms with van der Waals surface area (Å²) < 4.78 is 36.7. The number of methoxy groups -OCH3 is 4. The lowest BCUT2D eigenvalue weighted by Gasteiger charge is -2.17. The maximum Gasteiger partial charge on any atom is 0.345 e. The van der Waals surface area contributed by atoms with E-state index < -0.39 is 53.0 Å². The van der Waals surface area contributed by atoms with Crippen molar-refractivity contribution in [2.45, 2.75) is 6.92 Å². The highest BCUT2D eigenvalue weighted by Gasteiger charge is 2.56. The van der Waals surface area contributed by atoms with E-state index in [1.807, 2.05) is 0 Å². The molecule has 0 saturated heterocycles. The third kappa shape index (κ3) is 3.35. The summed E-state index contributed by atoms with van der Waals surface area (Å²) in [5.74, 6) is -4.84. The van der Waals surface area contributed by atoms with Crippen LogP contribution in [0.4, 0.5) is 0 Å². The zero-order chi connectivity index (χ0) is 19.4. The smallest absolute Gasteiger partial charge is 0.345 e. The summed E-state index contributed by atoms with van der Waals surface area (Å²) in [6.07, 6.45) is 0. The Bertz CT molecular complexity index is 674. The molecule has 25 heavy (non-hydrogen) atoms. The van der Waals surface area contributed by atoms with Crippen molar-refractivity contribution in [2.75, 3.05) is 35.0 Å². The summed E-state index contributed by atoms with van der Waals surface area (Å²) in [7, 11) is -0.594. The molecule has 1 aliphatic heterocycles. The van der Waals surface area contributed by atoms with Crippen molar-refractivity contribution in [3.05, 3.63) is 21.8 Å². The van der Waals surface area contributed by atoms with Gasteiger partial charge in [-0.2, -0.15) is 0 Å². The molecule has 0 unspecified atom stereocenters. The lowest BCUT2D eigenvalue weighted by molar-refractivity contribution is -0.140. The number of carbonyl (C=O) groups is 4. The van der Waals surface area contributed by atoms with E-state index >= 15 is 0 Å². The van der Waals surface area contributed by atoms with Gasteiger partial charge < -0.3 is 23.5 Å². The molecule has 0 N–H and O–H groups in total. The summed E-state index contributed by atoms with van der Waals surface area (Å²) >= 11 is 0. The van der Waals surface area contributed by atoms with Gasteiger partial charge in [0.15, 0.2) is 0 Å². The van der Waals surface area contributed by atoms with Gasteiger partial charge in [-0.25, -0.2) is 19.2 Å². The van der Waals surface area contributed by atoms with E-state index in [0.717, 1.165) is 28.4 Å². The Balaban J connectivity index is 4.02. The molecule has 0 amide bonds. The lowest BCUT2D eigenvalue weighted by Crippen LogP contribution is -2.18. The number of rotatable bonds is 6. The first-order valence-corrected chi connectivity index (χ1v) is 8.45. The molecule has 1 rings (SSSR count). The van der Waals surface area contributed by atoms with Gasteiger partial charge in [0.2, 0.25) is 0 Å². The van der Waals surface area contributed by atoms with Gasteiger partial charge in [-0.15, -0.1) is 0 Å². The molecule has 11 heteroatoms. The predicted molar refractivity (Wildman–Crippen MR) is 81.3 cm³/mol. The van der Waals surface area contributed by atoms with Crippen LogP contribution in [0.3, 0.4) is 0 Å². The fraction of sp³-hybridized carbons (Fsp3) is 0.429. The number of ether oxygens (including phenoxy) is 4. The summed E-state index contributed by atoms with van der Waals surface area (Å²) in [6.45, 7) is 1.23. The first-order valence-electron chi connectivity index (χ1n) is 6.82. The van der Waals surface area contributed by atoms with E-state index in [-0.39, 0.29) is 6.61 Å². The fourth-order valence-electron chi connectivity index (χ4n) is 2.19. The summed E-state index contributed by atoms with van der Waals surface area (Å²) in [5, 5.41) is -1.57. The number of hydrogen-bond acceptors (Lipinski definition) is 10. The van der Waals surface area contributed by atoms with Crippen molar-refractivity contribution in [1.82, 2.24) is 0 Å². The van der Waals surface area contributed by atoms with Crippen LogP contribution in [0.2, 0.25) is 0 Å². The average Bonchev–Trinajstić information content (AvgIpc) is 2.88. The number of hydrogen-bond donors (Lipinski definition) is 0. The molecule has 138 valence electrons. The first kappa shape index (κ1) is 20.6. The van der Waals surface area contributed by atoms with Crippen molar-refractivity contribution in [3.8, 4) is 0 Å². The van der Waals surface area contributed by atoms with E-state index in [2.05, 4.69) is 18.9 Å². The van der Waals surface area contributed by atoms with Crippen LogP contribution in [0.25, 0.3) is 0 Å². The minimum Gasteiger partial charge on any atom is -0.465 e. The van der Waals surface area contributed by atoms with Gasteiger partial charge in [0.1, 0.15) is 10.6 Å². The summed E-state index contributed by atoms with van der Waals surface area (Å²) in [6, 6.07) is 0. The zero-order valence-corrected chi connectivity index (χ0v) is 15.1. The third-order valence-corrected chi connectivity index (χ3v) is 5.77. The lowest BCUT2D eigenvalue weighted by atomic mass is 10.1. The molecule has 0 aromatic rings. The van der Waals surface area contributed by atoms with Crippen LogP contribution in [0, 0.1) is 0 Å². The van der Waals surface area contributed by atoms with Gasteiger partial charge in [0, 0.05) is 0 Å². The van der Waals surface area contributed by atoms with Gasteiger partial charge in [0.25, 0.3) is 7.37 Å². The second kappa shape index (κ2) is 8.09.